The summed E-state index contributed by atoms with van der Waals surface area (Å²) in [6.45, 7) is -0.159. The summed E-state index contributed by atoms with van der Waals surface area (Å²) in [5.74, 6) is -0.531. The van der Waals surface area contributed by atoms with Gasteiger partial charge < -0.3 is 63.8 Å². The van der Waals surface area contributed by atoms with Gasteiger partial charge in [0.15, 0.2) is 40.8 Å². The summed E-state index contributed by atoms with van der Waals surface area (Å²) in [5, 5.41) is 62.1. The van der Waals surface area contributed by atoms with Crippen LogP contribution in [0.3, 0.4) is 0 Å². The Morgan fingerprint density at radius 1 is 0.800 bits per heavy atom. The molecule has 2 saturated heterocycles. The number of carbonyl (C=O) groups is 1. The molecule has 0 saturated carbocycles. The van der Waals surface area contributed by atoms with Crippen molar-refractivity contribution in [2.24, 2.45) is 11.8 Å². The van der Waals surface area contributed by atoms with E-state index in [4.69, 9.17) is 33.2 Å². The topological polar surface area (TPSA) is 203 Å². The summed E-state index contributed by atoms with van der Waals surface area (Å²) in [4.78, 5) is 12.5. The Morgan fingerprint density at radius 3 is 2.14 bits per heavy atom. The van der Waals surface area contributed by atoms with Crippen molar-refractivity contribution in [2.45, 2.75) is 43.2 Å². The van der Waals surface area contributed by atoms with E-state index in [0.717, 1.165) is 11.6 Å². The van der Waals surface area contributed by atoms with Crippen LogP contribution < -0.4 is 14.2 Å². The Bertz CT molecular complexity index is 1640. The van der Waals surface area contributed by atoms with Crippen LogP contribution >= 0.6 is 0 Å². The number of esters is 1. The first-order chi connectivity index (χ1) is 24.0. The number of methoxy groups -OCH3 is 3. The van der Waals surface area contributed by atoms with Crippen molar-refractivity contribution in [3.63, 3.8) is 0 Å². The molecule has 270 valence electrons. The van der Waals surface area contributed by atoms with Crippen LogP contribution in [0.2, 0.25) is 0 Å². The number of hydrogen-bond donors (Lipinski definition) is 6. The number of phenolic OH excluding ortho intramolecular Hbond substituents is 3. The van der Waals surface area contributed by atoms with Crippen LogP contribution in [0, 0.1) is 11.8 Å². The largest absolute Gasteiger partial charge is 0.504 e. The molecule has 3 aromatic carbocycles. The minimum atomic E-state index is -1.67. The zero-order valence-electron chi connectivity index (χ0n) is 27.7. The monoisotopic (exact) mass is 698 g/mol. The van der Waals surface area contributed by atoms with Gasteiger partial charge >= 0.3 is 5.97 Å². The first kappa shape index (κ1) is 36.7. The Kier molecular flexibility index (Phi) is 12.1. The van der Waals surface area contributed by atoms with Gasteiger partial charge in [-0.25, -0.2) is 4.79 Å². The molecule has 3 unspecified atom stereocenters. The number of phenols is 3. The van der Waals surface area contributed by atoms with Crippen molar-refractivity contribution in [3.8, 4) is 34.5 Å². The predicted molar refractivity (Wildman–Crippen MR) is 176 cm³/mol. The van der Waals surface area contributed by atoms with Gasteiger partial charge in [0.05, 0.1) is 40.6 Å². The second-order valence-electron chi connectivity index (χ2n) is 12.1. The molecule has 14 heteroatoms. The molecule has 50 heavy (non-hydrogen) atoms. The molecule has 8 atom stereocenters. The fourth-order valence-electron chi connectivity index (χ4n) is 6.09. The van der Waals surface area contributed by atoms with E-state index < -0.39 is 49.4 Å². The van der Waals surface area contributed by atoms with Crippen molar-refractivity contribution in [2.75, 3.05) is 41.2 Å². The average Bonchev–Trinajstić information content (AvgIpc) is 3.52. The normalized spacial score (nSPS) is 26.5. The van der Waals surface area contributed by atoms with Crippen LogP contribution in [0.15, 0.2) is 60.7 Å². The Labute approximate surface area is 288 Å². The lowest BCUT2D eigenvalue weighted by Gasteiger charge is -2.40. The Morgan fingerprint density at radius 2 is 1.44 bits per heavy atom. The maximum atomic E-state index is 12.5. The molecule has 0 radical (unpaired) electrons. The zero-order chi connectivity index (χ0) is 35.9. The number of ether oxygens (including phenoxy) is 7. The van der Waals surface area contributed by atoms with E-state index >= 15 is 0 Å². The number of rotatable bonds is 13. The highest BCUT2D eigenvalue weighted by Gasteiger charge is 2.46. The minimum Gasteiger partial charge on any atom is -0.504 e. The van der Waals surface area contributed by atoms with Gasteiger partial charge in [-0.1, -0.05) is 18.2 Å². The van der Waals surface area contributed by atoms with Gasteiger partial charge in [0.25, 0.3) is 0 Å². The van der Waals surface area contributed by atoms with Crippen LogP contribution in [0.1, 0.15) is 22.8 Å². The molecule has 2 aliphatic rings. The van der Waals surface area contributed by atoms with Crippen LogP contribution in [-0.4, -0.2) is 108 Å². The molecule has 2 fully saturated rings. The summed E-state index contributed by atoms with van der Waals surface area (Å²) in [6.07, 6.45) is -4.96. The van der Waals surface area contributed by atoms with E-state index in [1.54, 1.807) is 36.4 Å². The molecule has 0 aromatic heterocycles. The van der Waals surface area contributed by atoms with E-state index in [0.29, 0.717) is 29.9 Å². The van der Waals surface area contributed by atoms with Gasteiger partial charge in [-0.05, 0) is 71.5 Å². The molecule has 6 N–H and O–H groups in total. The smallest absolute Gasteiger partial charge is 0.330 e. The second-order valence-corrected chi connectivity index (χ2v) is 12.1. The lowest BCUT2D eigenvalue weighted by atomic mass is 9.84. The van der Waals surface area contributed by atoms with Gasteiger partial charge in [-0.15, -0.1) is 0 Å². The first-order valence-corrected chi connectivity index (χ1v) is 15.9. The fourth-order valence-corrected chi connectivity index (χ4v) is 6.09. The Balaban J connectivity index is 1.28. The predicted octanol–water partition coefficient (Wildman–Crippen LogP) is 2.46. The van der Waals surface area contributed by atoms with Crippen molar-refractivity contribution in [1.82, 2.24) is 0 Å². The van der Waals surface area contributed by atoms with Crippen LogP contribution in [0.4, 0.5) is 0 Å². The number of hydrogen-bond acceptors (Lipinski definition) is 14. The lowest BCUT2D eigenvalue weighted by molar-refractivity contribution is -0.304. The third-order valence-electron chi connectivity index (χ3n) is 8.89. The molecular formula is C36H42O14. The maximum Gasteiger partial charge on any atom is 0.330 e. The number of aromatic hydroxyl groups is 3. The molecule has 0 amide bonds. The molecule has 3 aromatic rings. The third-order valence-corrected chi connectivity index (χ3v) is 8.89. The van der Waals surface area contributed by atoms with Gasteiger partial charge in [-0.2, -0.15) is 0 Å². The van der Waals surface area contributed by atoms with Gasteiger partial charge in [0.1, 0.15) is 31.0 Å². The summed E-state index contributed by atoms with van der Waals surface area (Å²) in [5.41, 5.74) is 2.14. The molecule has 0 bridgehead atoms. The van der Waals surface area contributed by atoms with Crippen molar-refractivity contribution < 1.29 is 68.6 Å². The second kappa shape index (κ2) is 16.4. The summed E-state index contributed by atoms with van der Waals surface area (Å²) < 4.78 is 39.0. The maximum absolute atomic E-state index is 12.5. The SMILES string of the molecule is COc1cc(/C=C/C(=O)OCC2OC(OCC3[C@@H](Cc4ccc(O)c(OC)c4)CO[C@@H]3c3ccc(O)c(OC)c3)[C@@H](O)[C@@H](O)[C@H]2O)ccc1O. The van der Waals surface area contributed by atoms with Crippen LogP contribution in [0.25, 0.3) is 6.08 Å². The molecular weight excluding hydrogens is 656 g/mol. The molecule has 5 rings (SSSR count). The van der Waals surface area contributed by atoms with E-state index in [1.165, 1.54) is 45.6 Å². The Hall–Kier alpha value is -4.57. The average molecular weight is 699 g/mol. The first-order valence-electron chi connectivity index (χ1n) is 15.9. The van der Waals surface area contributed by atoms with Crippen molar-refractivity contribution >= 4 is 12.0 Å². The molecule has 2 heterocycles. The van der Waals surface area contributed by atoms with Crippen LogP contribution in [0.5, 0.6) is 34.5 Å². The highest BCUT2D eigenvalue weighted by Crippen LogP contribution is 2.43. The molecule has 14 nitrogen and oxygen atoms in total. The molecule has 2 aliphatic heterocycles. The quantitative estimate of drug-likeness (QED) is 0.112. The highest BCUT2D eigenvalue weighted by atomic mass is 16.7. The molecule has 0 aliphatic carbocycles. The van der Waals surface area contributed by atoms with Gasteiger partial charge in [0.2, 0.25) is 0 Å². The van der Waals surface area contributed by atoms with Gasteiger partial charge in [0, 0.05) is 12.0 Å². The number of carbonyl (C=O) groups excluding carboxylic acids is 1. The third kappa shape index (κ3) is 8.41. The standard InChI is InChI=1S/C36H42O14/c1-44-27-13-19(4-8-24(27)37)6-11-31(40)47-18-30-32(41)33(42)34(43)36(50-30)49-17-23-22(12-20-5-9-25(38)28(14-20)45-2)16-48-35(23)21-7-10-26(39)29(15-21)46-3/h4-11,13-15,22-23,30,32-39,41-43H,12,16-18H2,1-3H3/b11-6+/t22-,23?,30?,32-,33-,34-,35+,36?/m0/s1. The summed E-state index contributed by atoms with van der Waals surface area (Å²) >= 11 is 0. The lowest BCUT2D eigenvalue weighted by Crippen LogP contribution is -2.59. The van der Waals surface area contributed by atoms with E-state index in [1.807, 2.05) is 0 Å². The molecule has 0 spiro atoms. The fraction of sp³-hybridized carbons (Fsp3) is 0.417. The van der Waals surface area contributed by atoms with Crippen molar-refractivity contribution in [3.05, 3.63) is 77.4 Å². The van der Waals surface area contributed by atoms with Crippen LogP contribution in [-0.2, 0) is 30.2 Å². The zero-order valence-corrected chi connectivity index (χ0v) is 27.7. The summed E-state index contributed by atoms with van der Waals surface area (Å²) in [7, 11) is 4.30. The van der Waals surface area contributed by atoms with E-state index in [2.05, 4.69) is 0 Å². The number of aliphatic hydroxyl groups is 3. The van der Waals surface area contributed by atoms with Crippen molar-refractivity contribution in [1.29, 1.82) is 0 Å². The minimum absolute atomic E-state index is 0.00585. The highest BCUT2D eigenvalue weighted by molar-refractivity contribution is 5.87. The van der Waals surface area contributed by atoms with E-state index in [9.17, 15) is 35.4 Å². The number of aliphatic hydroxyl groups excluding tert-OH is 3. The van der Waals surface area contributed by atoms with E-state index in [-0.39, 0.29) is 47.2 Å². The van der Waals surface area contributed by atoms with Gasteiger partial charge in [-0.3, -0.25) is 0 Å². The number of benzene rings is 3. The summed E-state index contributed by atoms with van der Waals surface area (Å²) in [6, 6.07) is 14.5.